The summed E-state index contributed by atoms with van der Waals surface area (Å²) in [6.45, 7) is 1.12. The molecule has 1 fully saturated rings. The maximum Gasteiger partial charge on any atom is 0.243 e. The van der Waals surface area contributed by atoms with E-state index in [9.17, 15) is 22.0 Å². The van der Waals surface area contributed by atoms with Crippen molar-refractivity contribution < 1.29 is 26.4 Å². The van der Waals surface area contributed by atoms with Gasteiger partial charge in [0.15, 0.2) is 0 Å². The number of nitrogens with two attached hydrogens (primary N) is 1. The molecule has 44 heavy (non-hydrogen) atoms. The van der Waals surface area contributed by atoms with Gasteiger partial charge in [-0.1, -0.05) is 42.5 Å². The van der Waals surface area contributed by atoms with Crippen LogP contribution in [0.5, 0.6) is 0 Å². The van der Waals surface area contributed by atoms with E-state index in [1.165, 1.54) is 59.0 Å². The molecule has 2 unspecified atom stereocenters. The van der Waals surface area contributed by atoms with E-state index in [-0.39, 0.29) is 35.5 Å². The van der Waals surface area contributed by atoms with Crippen LogP contribution in [0.15, 0.2) is 96.2 Å². The Bertz CT molecular complexity index is 1650. The van der Waals surface area contributed by atoms with Gasteiger partial charge in [-0.25, -0.2) is 21.6 Å². The molecule has 2 atom stereocenters. The quantitative estimate of drug-likeness (QED) is 0.244. The maximum atomic E-state index is 15.2. The van der Waals surface area contributed by atoms with Crippen molar-refractivity contribution in [3.63, 3.8) is 0 Å². The first kappa shape index (κ1) is 31.3. The average molecular weight is 624 g/mol. The molecule has 3 aromatic carbocycles. The topological polar surface area (TPSA) is 117 Å². The number of anilines is 1. The minimum atomic E-state index is -3.78. The number of aromatic nitrogens is 1. The number of benzene rings is 3. The Hall–Kier alpha value is -4.10. The third-order valence-corrected chi connectivity index (χ3v) is 9.72. The van der Waals surface area contributed by atoms with Gasteiger partial charge in [0.05, 0.1) is 29.0 Å². The van der Waals surface area contributed by atoms with Crippen molar-refractivity contribution in [3.8, 4) is 0 Å². The molecule has 1 aliphatic heterocycles. The number of carbonyl (C=O) groups is 1. The van der Waals surface area contributed by atoms with Crippen molar-refractivity contribution in [1.82, 2.24) is 14.6 Å². The lowest BCUT2D eigenvalue weighted by molar-refractivity contribution is -0.117. The number of sulfonamides is 1. The summed E-state index contributed by atoms with van der Waals surface area (Å²) in [7, 11) is -3.78. The predicted molar refractivity (Wildman–Crippen MR) is 161 cm³/mol. The highest BCUT2D eigenvalue weighted by Crippen LogP contribution is 2.30. The number of amides is 1. The SMILES string of the molecule is NC(C(=O)Nc1cncc(F)c1CCC1CNCCN1S(=O)(=O)c1ccccc1)C(c1ccc(F)cc1)c1ccc(F)cc1. The fourth-order valence-electron chi connectivity index (χ4n) is 5.48. The summed E-state index contributed by atoms with van der Waals surface area (Å²) in [6, 6.07) is 17.4. The average Bonchev–Trinajstić information content (AvgIpc) is 3.03. The molecule has 0 radical (unpaired) electrons. The highest BCUT2D eigenvalue weighted by atomic mass is 32.2. The fraction of sp³-hybridized carbons (Fsp3) is 0.250. The lowest BCUT2D eigenvalue weighted by atomic mass is 9.85. The molecule has 1 amide bonds. The van der Waals surface area contributed by atoms with Gasteiger partial charge in [-0.05, 0) is 60.4 Å². The summed E-state index contributed by atoms with van der Waals surface area (Å²) in [5.74, 6) is -3.03. The number of nitrogens with zero attached hydrogens (tertiary/aromatic N) is 2. The van der Waals surface area contributed by atoms with Crippen LogP contribution in [-0.4, -0.2) is 55.3 Å². The molecule has 1 saturated heterocycles. The van der Waals surface area contributed by atoms with Crippen LogP contribution in [0.25, 0.3) is 0 Å². The summed E-state index contributed by atoms with van der Waals surface area (Å²) in [6.07, 6.45) is 2.71. The van der Waals surface area contributed by atoms with Gasteiger partial charge in [-0.2, -0.15) is 4.31 Å². The zero-order chi connectivity index (χ0) is 31.3. The molecular weight excluding hydrogens is 591 g/mol. The number of nitrogens with one attached hydrogen (secondary N) is 2. The Balaban J connectivity index is 1.36. The molecule has 0 saturated carbocycles. The number of hydrogen-bond donors (Lipinski definition) is 3. The predicted octanol–water partition coefficient (Wildman–Crippen LogP) is 4.19. The number of carbonyl (C=O) groups excluding carboxylic acids is 1. The second kappa shape index (κ2) is 13.7. The molecule has 1 aliphatic rings. The van der Waals surface area contributed by atoms with Crippen LogP contribution < -0.4 is 16.4 Å². The maximum absolute atomic E-state index is 15.2. The van der Waals surface area contributed by atoms with Gasteiger partial charge in [0.2, 0.25) is 15.9 Å². The van der Waals surface area contributed by atoms with Gasteiger partial charge in [-0.3, -0.25) is 9.78 Å². The Morgan fingerprint density at radius 3 is 2.18 bits per heavy atom. The van der Waals surface area contributed by atoms with Crippen LogP contribution in [0.3, 0.4) is 0 Å². The summed E-state index contributed by atoms with van der Waals surface area (Å²) in [5, 5.41) is 5.89. The normalized spacial score (nSPS) is 16.5. The molecule has 5 rings (SSSR count). The minimum Gasteiger partial charge on any atom is -0.323 e. The first-order valence-electron chi connectivity index (χ1n) is 14.1. The lowest BCUT2D eigenvalue weighted by Crippen LogP contribution is -2.53. The molecule has 2 heterocycles. The van der Waals surface area contributed by atoms with Crippen LogP contribution in [0, 0.1) is 17.5 Å². The summed E-state index contributed by atoms with van der Waals surface area (Å²) < 4.78 is 70.7. The molecule has 0 spiro atoms. The highest BCUT2D eigenvalue weighted by Gasteiger charge is 2.34. The van der Waals surface area contributed by atoms with Crippen molar-refractivity contribution in [2.45, 2.75) is 35.7 Å². The zero-order valence-electron chi connectivity index (χ0n) is 23.7. The standard InChI is InChI=1S/C32H32F3N5O3S/c33-23-10-6-21(7-11-23)30(22-8-12-24(34)13-9-22)31(36)32(41)39-29-20-38-19-28(35)27(29)15-14-25-18-37-16-17-40(25)44(42,43)26-4-2-1-3-5-26/h1-13,19-20,25,30-31,37H,14-18,36H2,(H,39,41). The fourth-order valence-corrected chi connectivity index (χ4v) is 7.16. The number of hydrogen-bond acceptors (Lipinski definition) is 6. The highest BCUT2D eigenvalue weighted by molar-refractivity contribution is 7.89. The van der Waals surface area contributed by atoms with Gasteiger partial charge >= 0.3 is 0 Å². The van der Waals surface area contributed by atoms with Crippen LogP contribution >= 0.6 is 0 Å². The summed E-state index contributed by atoms with van der Waals surface area (Å²) in [4.78, 5) is 17.6. The smallest absolute Gasteiger partial charge is 0.243 e. The second-order valence-electron chi connectivity index (χ2n) is 10.6. The Kier molecular flexibility index (Phi) is 9.74. The molecule has 230 valence electrons. The number of halogens is 3. The van der Waals surface area contributed by atoms with Crippen molar-refractivity contribution >= 4 is 21.6 Å². The number of pyridine rings is 1. The van der Waals surface area contributed by atoms with Crippen LogP contribution in [0.4, 0.5) is 18.9 Å². The van der Waals surface area contributed by atoms with E-state index in [0.717, 1.165) is 6.20 Å². The molecule has 4 N–H and O–H groups in total. The van der Waals surface area contributed by atoms with E-state index in [4.69, 9.17) is 5.73 Å². The van der Waals surface area contributed by atoms with Crippen LogP contribution in [0.1, 0.15) is 29.0 Å². The van der Waals surface area contributed by atoms with Crippen LogP contribution in [0.2, 0.25) is 0 Å². The molecule has 0 bridgehead atoms. The van der Waals surface area contributed by atoms with E-state index in [1.807, 2.05) is 0 Å². The van der Waals surface area contributed by atoms with E-state index < -0.39 is 51.4 Å². The van der Waals surface area contributed by atoms with Gasteiger partial charge in [0.1, 0.15) is 17.5 Å². The zero-order valence-corrected chi connectivity index (χ0v) is 24.5. The van der Waals surface area contributed by atoms with Crippen molar-refractivity contribution in [2.75, 3.05) is 25.0 Å². The molecule has 4 aromatic rings. The van der Waals surface area contributed by atoms with Crippen molar-refractivity contribution in [2.24, 2.45) is 5.73 Å². The van der Waals surface area contributed by atoms with E-state index in [0.29, 0.717) is 24.2 Å². The summed E-state index contributed by atoms with van der Waals surface area (Å²) in [5.41, 5.74) is 7.77. The Morgan fingerprint density at radius 1 is 0.955 bits per heavy atom. The first-order valence-corrected chi connectivity index (χ1v) is 15.6. The third-order valence-electron chi connectivity index (χ3n) is 7.76. The van der Waals surface area contributed by atoms with Gasteiger partial charge < -0.3 is 16.4 Å². The van der Waals surface area contributed by atoms with E-state index in [1.54, 1.807) is 30.3 Å². The first-order chi connectivity index (χ1) is 21.1. The van der Waals surface area contributed by atoms with E-state index >= 15 is 4.39 Å². The van der Waals surface area contributed by atoms with Gasteiger partial charge in [0.25, 0.3) is 0 Å². The second-order valence-corrected chi connectivity index (χ2v) is 12.5. The molecular formula is C32H32F3N5O3S. The molecule has 0 aliphatic carbocycles. The number of piperazine rings is 1. The largest absolute Gasteiger partial charge is 0.323 e. The monoisotopic (exact) mass is 623 g/mol. The van der Waals surface area contributed by atoms with E-state index in [2.05, 4.69) is 15.6 Å². The number of rotatable bonds is 10. The molecule has 1 aromatic heterocycles. The van der Waals surface area contributed by atoms with Crippen molar-refractivity contribution in [3.05, 3.63) is 125 Å². The van der Waals surface area contributed by atoms with Gasteiger partial charge in [0, 0.05) is 37.2 Å². The lowest BCUT2D eigenvalue weighted by Gasteiger charge is -2.35. The molecule has 12 heteroatoms. The molecule has 8 nitrogen and oxygen atoms in total. The Labute approximate surface area is 254 Å². The third kappa shape index (κ3) is 6.99. The van der Waals surface area contributed by atoms with Crippen molar-refractivity contribution in [1.29, 1.82) is 0 Å². The Morgan fingerprint density at radius 2 is 1.57 bits per heavy atom. The van der Waals surface area contributed by atoms with Gasteiger partial charge in [-0.15, -0.1) is 0 Å². The summed E-state index contributed by atoms with van der Waals surface area (Å²) >= 11 is 0. The minimum absolute atomic E-state index is 0.101. The van der Waals surface area contributed by atoms with Crippen LogP contribution in [-0.2, 0) is 21.2 Å².